The van der Waals surface area contributed by atoms with Gasteiger partial charge in [0.05, 0.1) is 6.04 Å². The quantitative estimate of drug-likeness (QED) is 0.0993. The molecule has 0 aliphatic heterocycles. The zero-order chi connectivity index (χ0) is 35.9. The van der Waals surface area contributed by atoms with E-state index in [1.807, 2.05) is 66.7 Å². The third kappa shape index (κ3) is 11.7. The fourth-order valence-electron chi connectivity index (χ4n) is 5.36. The van der Waals surface area contributed by atoms with Crippen LogP contribution in [0.4, 0.5) is 0 Å². The van der Waals surface area contributed by atoms with Gasteiger partial charge in [0.25, 0.3) is 0 Å². The van der Waals surface area contributed by atoms with E-state index >= 15 is 0 Å². The summed E-state index contributed by atoms with van der Waals surface area (Å²) in [5.74, 6) is -3.72. The Kier molecular flexibility index (Phi) is 13.8. The summed E-state index contributed by atoms with van der Waals surface area (Å²) in [6.07, 6.45) is 0.531. The molecule has 50 heavy (non-hydrogen) atoms. The first-order valence-corrected chi connectivity index (χ1v) is 16.4. The van der Waals surface area contributed by atoms with Gasteiger partial charge in [0.2, 0.25) is 23.6 Å². The van der Waals surface area contributed by atoms with Crippen LogP contribution in [-0.4, -0.2) is 64.9 Å². The molecule has 11 nitrogen and oxygen atoms in total. The van der Waals surface area contributed by atoms with E-state index in [1.54, 1.807) is 54.6 Å². The van der Waals surface area contributed by atoms with Gasteiger partial charge in [0, 0.05) is 19.3 Å². The highest BCUT2D eigenvalue weighted by Crippen LogP contribution is 2.09. The molecule has 11 heteroatoms. The van der Waals surface area contributed by atoms with Crippen molar-refractivity contribution in [1.29, 1.82) is 0 Å². The van der Waals surface area contributed by atoms with Crippen LogP contribution >= 0.6 is 0 Å². The first-order chi connectivity index (χ1) is 24.1. The number of hydrogen-bond acceptors (Lipinski definition) is 6. The number of hydrogen-bond donors (Lipinski definition) is 6. The first-order valence-electron chi connectivity index (χ1n) is 16.4. The number of rotatable bonds is 17. The number of carbonyl (C=O) groups is 5. The van der Waals surface area contributed by atoms with E-state index in [1.165, 1.54) is 6.92 Å². The van der Waals surface area contributed by atoms with Gasteiger partial charge in [-0.25, -0.2) is 4.79 Å². The zero-order valence-electron chi connectivity index (χ0n) is 27.8. The second-order valence-corrected chi connectivity index (χ2v) is 12.1. The number of aliphatic carboxylic acids is 1. The van der Waals surface area contributed by atoms with Crippen LogP contribution in [0.5, 0.6) is 0 Å². The molecule has 4 aromatic carbocycles. The molecule has 5 atom stereocenters. The fourth-order valence-corrected chi connectivity index (χ4v) is 5.36. The van der Waals surface area contributed by atoms with Crippen molar-refractivity contribution in [2.45, 2.75) is 62.8 Å². The van der Waals surface area contributed by atoms with E-state index in [2.05, 4.69) is 21.3 Å². The molecule has 7 N–H and O–H groups in total. The van der Waals surface area contributed by atoms with Gasteiger partial charge >= 0.3 is 5.97 Å². The molecular formula is C39H43N5O6. The molecule has 0 radical (unpaired) electrons. The Bertz CT molecular complexity index is 1710. The molecule has 4 amide bonds. The normalized spacial score (nSPS) is 13.8. The van der Waals surface area contributed by atoms with E-state index in [4.69, 9.17) is 5.73 Å². The Morgan fingerprint density at radius 2 is 0.800 bits per heavy atom. The SMILES string of the molecule is C[C@H](NC(=O)[C@H](Cc1ccccc1)NC(=O)[C@H](Cc1ccccc1)NC(=O)[C@@H](N)Cc1ccccc1)C(=O)N[C@@H](Cc1ccccc1)C(=O)O. The van der Waals surface area contributed by atoms with Crippen LogP contribution in [0.2, 0.25) is 0 Å². The van der Waals surface area contributed by atoms with E-state index < -0.39 is 59.8 Å². The second-order valence-electron chi connectivity index (χ2n) is 12.1. The molecule has 4 aromatic rings. The number of carboxylic acid groups (broad SMARTS) is 1. The summed E-state index contributed by atoms with van der Waals surface area (Å²) in [7, 11) is 0. The standard InChI is InChI=1S/C39H43N5O6/c1-26(35(45)44-34(39(49)50)25-30-20-12-5-13-21-30)41-37(47)32(23-28-16-8-3-9-17-28)43-38(48)33(24-29-18-10-4-11-19-29)42-36(46)31(40)22-27-14-6-2-7-15-27/h2-21,26,31-34H,22-25,40H2,1H3,(H,41,47)(H,42,46)(H,43,48)(H,44,45)(H,49,50)/t26-,31-,32-,33-,34-/m0/s1. The number of carboxylic acids is 1. The van der Waals surface area contributed by atoms with Crippen molar-refractivity contribution >= 4 is 29.6 Å². The largest absolute Gasteiger partial charge is 0.480 e. The lowest BCUT2D eigenvalue weighted by Gasteiger charge is -2.26. The van der Waals surface area contributed by atoms with Gasteiger partial charge in [-0.15, -0.1) is 0 Å². The van der Waals surface area contributed by atoms with Gasteiger partial charge in [0.1, 0.15) is 24.2 Å². The number of amides is 4. The highest BCUT2D eigenvalue weighted by Gasteiger charge is 2.31. The van der Waals surface area contributed by atoms with Crippen LogP contribution in [0.25, 0.3) is 0 Å². The van der Waals surface area contributed by atoms with Gasteiger partial charge in [-0.1, -0.05) is 121 Å². The van der Waals surface area contributed by atoms with E-state index in [9.17, 15) is 29.1 Å². The summed E-state index contributed by atoms with van der Waals surface area (Å²) in [5.41, 5.74) is 9.35. The number of benzene rings is 4. The summed E-state index contributed by atoms with van der Waals surface area (Å²) in [6.45, 7) is 1.43. The predicted octanol–water partition coefficient (Wildman–Crippen LogP) is 2.33. The molecule has 4 rings (SSSR count). The molecule has 0 saturated carbocycles. The van der Waals surface area contributed by atoms with Crippen molar-refractivity contribution in [3.8, 4) is 0 Å². The van der Waals surface area contributed by atoms with Gasteiger partial charge in [-0.05, 0) is 35.6 Å². The molecule has 0 aliphatic rings. The molecule has 0 saturated heterocycles. The predicted molar refractivity (Wildman–Crippen MR) is 190 cm³/mol. The average Bonchev–Trinajstić information content (AvgIpc) is 3.12. The second kappa shape index (κ2) is 18.7. The minimum atomic E-state index is -1.22. The Balaban J connectivity index is 1.48. The lowest BCUT2D eigenvalue weighted by Crippen LogP contribution is -2.59. The van der Waals surface area contributed by atoms with Gasteiger partial charge in [0.15, 0.2) is 0 Å². The highest BCUT2D eigenvalue weighted by atomic mass is 16.4. The van der Waals surface area contributed by atoms with E-state index in [0.717, 1.165) is 22.3 Å². The van der Waals surface area contributed by atoms with Crippen LogP contribution in [0.3, 0.4) is 0 Å². The third-order valence-electron chi connectivity index (χ3n) is 8.12. The Morgan fingerprint density at radius 3 is 1.20 bits per heavy atom. The third-order valence-corrected chi connectivity index (χ3v) is 8.12. The van der Waals surface area contributed by atoms with Crippen LogP contribution in [0, 0.1) is 0 Å². The Morgan fingerprint density at radius 1 is 0.480 bits per heavy atom. The highest BCUT2D eigenvalue weighted by molar-refractivity contribution is 5.95. The van der Waals surface area contributed by atoms with Gasteiger partial charge in [-0.2, -0.15) is 0 Å². The summed E-state index contributed by atoms with van der Waals surface area (Å²) < 4.78 is 0. The number of carbonyl (C=O) groups excluding carboxylic acids is 4. The first kappa shape index (κ1) is 37.0. The molecular weight excluding hydrogens is 634 g/mol. The van der Waals surface area contributed by atoms with Crippen molar-refractivity contribution in [3.63, 3.8) is 0 Å². The molecule has 0 aromatic heterocycles. The monoisotopic (exact) mass is 677 g/mol. The summed E-state index contributed by atoms with van der Waals surface area (Å²) in [6, 6.07) is 30.8. The van der Waals surface area contributed by atoms with Crippen molar-refractivity contribution in [2.75, 3.05) is 0 Å². The van der Waals surface area contributed by atoms with Gasteiger partial charge in [-0.3, -0.25) is 19.2 Å². The van der Waals surface area contributed by atoms with E-state index in [0.29, 0.717) is 0 Å². The fraction of sp³-hybridized carbons (Fsp3) is 0.256. The minimum absolute atomic E-state index is 0.0544. The molecule has 0 heterocycles. The average molecular weight is 678 g/mol. The summed E-state index contributed by atoms with van der Waals surface area (Å²) in [4.78, 5) is 65.9. The maximum Gasteiger partial charge on any atom is 0.326 e. The van der Waals surface area contributed by atoms with Gasteiger partial charge < -0.3 is 32.1 Å². The van der Waals surface area contributed by atoms with Crippen LogP contribution in [-0.2, 0) is 49.7 Å². The molecule has 0 fully saturated rings. The number of nitrogens with two attached hydrogens (primary N) is 1. The molecule has 0 unspecified atom stereocenters. The maximum absolute atomic E-state index is 13.9. The Labute approximate surface area is 291 Å². The molecule has 260 valence electrons. The summed E-state index contributed by atoms with van der Waals surface area (Å²) >= 11 is 0. The molecule has 0 spiro atoms. The molecule has 0 aliphatic carbocycles. The minimum Gasteiger partial charge on any atom is -0.480 e. The maximum atomic E-state index is 13.9. The summed E-state index contributed by atoms with van der Waals surface area (Å²) in [5, 5.41) is 20.4. The van der Waals surface area contributed by atoms with Crippen molar-refractivity contribution < 1.29 is 29.1 Å². The van der Waals surface area contributed by atoms with Crippen LogP contribution in [0.15, 0.2) is 121 Å². The zero-order valence-corrected chi connectivity index (χ0v) is 27.8. The topological polar surface area (TPSA) is 180 Å². The Hall–Kier alpha value is -5.81. The van der Waals surface area contributed by atoms with Crippen molar-refractivity contribution in [1.82, 2.24) is 21.3 Å². The smallest absolute Gasteiger partial charge is 0.326 e. The van der Waals surface area contributed by atoms with E-state index in [-0.39, 0.29) is 25.7 Å². The lowest BCUT2D eigenvalue weighted by molar-refractivity contribution is -0.142. The van der Waals surface area contributed by atoms with Crippen molar-refractivity contribution in [2.24, 2.45) is 5.73 Å². The van der Waals surface area contributed by atoms with Crippen LogP contribution in [0.1, 0.15) is 29.2 Å². The molecule has 0 bridgehead atoms. The lowest BCUT2D eigenvalue weighted by atomic mass is 10.0. The van der Waals surface area contributed by atoms with Crippen LogP contribution < -0.4 is 27.0 Å². The van der Waals surface area contributed by atoms with Crippen molar-refractivity contribution in [3.05, 3.63) is 144 Å². The number of nitrogens with one attached hydrogen (secondary N) is 4.